The molecule has 0 fully saturated rings. The first-order valence-corrected chi connectivity index (χ1v) is 5.98. The number of benzene rings is 2. The van der Waals surface area contributed by atoms with Crippen LogP contribution in [0.5, 0.6) is 5.75 Å². The summed E-state index contributed by atoms with van der Waals surface area (Å²) in [5.74, 6) is 0.113. The Morgan fingerprint density at radius 1 is 1.10 bits per heavy atom. The van der Waals surface area contributed by atoms with E-state index < -0.39 is 11.7 Å². The molecule has 2 rings (SSSR count). The first-order valence-electron chi connectivity index (χ1n) is 5.98. The number of hydrogen-bond acceptors (Lipinski definition) is 3. The van der Waals surface area contributed by atoms with Gasteiger partial charge in [-0.2, -0.15) is 18.4 Å². The molecule has 0 saturated heterocycles. The van der Waals surface area contributed by atoms with Gasteiger partial charge in [-0.3, -0.25) is 0 Å². The average Bonchev–Trinajstić information content (AvgIpc) is 2.45. The Kier molecular flexibility index (Phi) is 4.03. The molecule has 2 N–H and O–H groups in total. The zero-order chi connectivity index (χ0) is 15.5. The molecule has 6 heteroatoms. The smallest absolute Gasteiger partial charge is 0.416 e. The zero-order valence-electron chi connectivity index (χ0n) is 10.8. The summed E-state index contributed by atoms with van der Waals surface area (Å²) in [5.41, 5.74) is 5.92. The number of nitrogen functional groups attached to an aromatic ring is 1. The van der Waals surface area contributed by atoms with Crippen LogP contribution in [0, 0.1) is 11.3 Å². The molecular formula is C15H11F3N2O. The van der Waals surface area contributed by atoms with Gasteiger partial charge >= 0.3 is 6.18 Å². The highest BCUT2D eigenvalue weighted by molar-refractivity contribution is 5.46. The monoisotopic (exact) mass is 292 g/mol. The second-order valence-electron chi connectivity index (χ2n) is 4.35. The van der Waals surface area contributed by atoms with Crippen LogP contribution in [0.4, 0.5) is 18.9 Å². The van der Waals surface area contributed by atoms with Gasteiger partial charge in [0.1, 0.15) is 18.4 Å². The highest BCUT2D eigenvalue weighted by atomic mass is 19.4. The predicted molar refractivity (Wildman–Crippen MR) is 71.3 cm³/mol. The molecule has 0 atom stereocenters. The van der Waals surface area contributed by atoms with Gasteiger partial charge in [-0.25, -0.2) is 0 Å². The summed E-state index contributed by atoms with van der Waals surface area (Å²) in [6, 6.07) is 11.4. The van der Waals surface area contributed by atoms with E-state index in [1.807, 2.05) is 0 Å². The third-order valence-electron chi connectivity index (χ3n) is 2.80. The minimum absolute atomic E-state index is 0.113. The van der Waals surface area contributed by atoms with Gasteiger partial charge in [-0.1, -0.05) is 12.1 Å². The van der Waals surface area contributed by atoms with Gasteiger partial charge in [-0.05, 0) is 35.9 Å². The molecule has 0 spiro atoms. The maximum absolute atomic E-state index is 12.6. The highest BCUT2D eigenvalue weighted by Crippen LogP contribution is 2.32. The van der Waals surface area contributed by atoms with Crippen molar-refractivity contribution in [1.29, 1.82) is 5.26 Å². The normalized spacial score (nSPS) is 11.0. The molecule has 0 aliphatic heterocycles. The van der Waals surface area contributed by atoms with Crippen molar-refractivity contribution in [3.8, 4) is 11.8 Å². The number of rotatable bonds is 3. The summed E-state index contributed by atoms with van der Waals surface area (Å²) in [7, 11) is 0. The number of ether oxygens (including phenoxy) is 1. The number of nitrogens with two attached hydrogens (primary N) is 1. The minimum Gasteiger partial charge on any atom is -0.488 e. The fourth-order valence-corrected chi connectivity index (χ4v) is 1.69. The lowest BCUT2D eigenvalue weighted by atomic mass is 10.1. The van der Waals surface area contributed by atoms with Crippen LogP contribution >= 0.6 is 0 Å². The molecule has 0 heterocycles. The molecule has 0 bridgehead atoms. The second kappa shape index (κ2) is 5.75. The van der Waals surface area contributed by atoms with Crippen molar-refractivity contribution in [2.75, 3.05) is 5.73 Å². The van der Waals surface area contributed by atoms with E-state index >= 15 is 0 Å². The summed E-state index contributed by atoms with van der Waals surface area (Å²) in [4.78, 5) is 0. The molecule has 2 aromatic carbocycles. The van der Waals surface area contributed by atoms with Crippen LogP contribution in [0.2, 0.25) is 0 Å². The number of halogens is 3. The Morgan fingerprint density at radius 2 is 1.76 bits per heavy atom. The Morgan fingerprint density at radius 3 is 2.33 bits per heavy atom. The minimum atomic E-state index is -4.49. The standard InChI is InChI=1S/C15H11F3N2O/c16-15(17,18)12-3-6-14(11(7-12)8-19)21-9-10-1-4-13(20)5-2-10/h1-7H,9,20H2. The van der Waals surface area contributed by atoms with E-state index in [1.54, 1.807) is 30.3 Å². The number of nitriles is 1. The van der Waals surface area contributed by atoms with Gasteiger partial charge in [0.25, 0.3) is 0 Å². The van der Waals surface area contributed by atoms with Gasteiger partial charge in [0.2, 0.25) is 0 Å². The summed E-state index contributed by atoms with van der Waals surface area (Å²) >= 11 is 0. The van der Waals surface area contributed by atoms with Crippen LogP contribution in [0.15, 0.2) is 42.5 Å². The van der Waals surface area contributed by atoms with E-state index in [9.17, 15) is 13.2 Å². The van der Waals surface area contributed by atoms with Crippen molar-refractivity contribution < 1.29 is 17.9 Å². The fourth-order valence-electron chi connectivity index (χ4n) is 1.69. The van der Waals surface area contributed by atoms with Gasteiger partial charge < -0.3 is 10.5 Å². The van der Waals surface area contributed by atoms with E-state index in [-0.39, 0.29) is 17.9 Å². The van der Waals surface area contributed by atoms with Crippen molar-refractivity contribution in [3.05, 3.63) is 59.2 Å². The Labute approximate surface area is 119 Å². The number of hydrogen-bond donors (Lipinski definition) is 1. The lowest BCUT2D eigenvalue weighted by Gasteiger charge is -2.11. The van der Waals surface area contributed by atoms with Crippen LogP contribution < -0.4 is 10.5 Å². The van der Waals surface area contributed by atoms with Gasteiger partial charge in [0.05, 0.1) is 11.1 Å². The third-order valence-corrected chi connectivity index (χ3v) is 2.80. The average molecular weight is 292 g/mol. The molecule has 0 saturated carbocycles. The lowest BCUT2D eigenvalue weighted by Crippen LogP contribution is -2.06. The van der Waals surface area contributed by atoms with E-state index in [0.717, 1.165) is 23.8 Å². The number of anilines is 1. The molecule has 0 aromatic heterocycles. The van der Waals surface area contributed by atoms with Crippen LogP contribution in [-0.4, -0.2) is 0 Å². The SMILES string of the molecule is N#Cc1cc(C(F)(F)F)ccc1OCc1ccc(N)cc1. The molecule has 3 nitrogen and oxygen atoms in total. The Balaban J connectivity index is 2.17. The Hall–Kier alpha value is -2.68. The summed E-state index contributed by atoms with van der Waals surface area (Å²) < 4.78 is 43.1. The summed E-state index contributed by atoms with van der Waals surface area (Å²) in [6.45, 7) is 0.139. The molecule has 0 aliphatic carbocycles. The molecular weight excluding hydrogens is 281 g/mol. The van der Waals surface area contributed by atoms with Gasteiger partial charge in [-0.15, -0.1) is 0 Å². The molecule has 0 aliphatic rings. The van der Waals surface area contributed by atoms with Crippen LogP contribution in [-0.2, 0) is 12.8 Å². The first kappa shape index (κ1) is 14.7. The topological polar surface area (TPSA) is 59.0 Å². The van der Waals surface area contributed by atoms with Crippen LogP contribution in [0.3, 0.4) is 0 Å². The highest BCUT2D eigenvalue weighted by Gasteiger charge is 2.31. The van der Waals surface area contributed by atoms with Crippen LogP contribution in [0.25, 0.3) is 0 Å². The molecule has 0 unspecified atom stereocenters. The van der Waals surface area contributed by atoms with Crippen molar-refractivity contribution in [2.24, 2.45) is 0 Å². The fraction of sp³-hybridized carbons (Fsp3) is 0.133. The van der Waals surface area contributed by atoms with Crippen molar-refractivity contribution in [2.45, 2.75) is 12.8 Å². The molecule has 108 valence electrons. The van der Waals surface area contributed by atoms with E-state index in [0.29, 0.717) is 5.69 Å². The van der Waals surface area contributed by atoms with Crippen LogP contribution in [0.1, 0.15) is 16.7 Å². The largest absolute Gasteiger partial charge is 0.488 e. The third kappa shape index (κ3) is 3.66. The van der Waals surface area contributed by atoms with Crippen molar-refractivity contribution in [3.63, 3.8) is 0 Å². The summed E-state index contributed by atoms with van der Waals surface area (Å²) in [6.07, 6.45) is -4.49. The molecule has 0 amide bonds. The van der Waals surface area contributed by atoms with Crippen molar-refractivity contribution >= 4 is 5.69 Å². The van der Waals surface area contributed by atoms with E-state index in [1.165, 1.54) is 0 Å². The molecule has 21 heavy (non-hydrogen) atoms. The van der Waals surface area contributed by atoms with Crippen molar-refractivity contribution in [1.82, 2.24) is 0 Å². The second-order valence-corrected chi connectivity index (χ2v) is 4.35. The van der Waals surface area contributed by atoms with Gasteiger partial charge in [0.15, 0.2) is 0 Å². The number of alkyl halides is 3. The number of nitrogens with zero attached hydrogens (tertiary/aromatic N) is 1. The zero-order valence-corrected chi connectivity index (χ0v) is 10.8. The quantitative estimate of drug-likeness (QED) is 0.877. The Bertz CT molecular complexity index is 673. The lowest BCUT2D eigenvalue weighted by molar-refractivity contribution is -0.137. The molecule has 2 aromatic rings. The maximum Gasteiger partial charge on any atom is 0.416 e. The summed E-state index contributed by atoms with van der Waals surface area (Å²) in [5, 5.41) is 8.93. The first-order chi connectivity index (χ1) is 9.90. The van der Waals surface area contributed by atoms with E-state index in [2.05, 4.69) is 0 Å². The van der Waals surface area contributed by atoms with Gasteiger partial charge in [0, 0.05) is 5.69 Å². The maximum atomic E-state index is 12.6. The van der Waals surface area contributed by atoms with E-state index in [4.69, 9.17) is 15.7 Å². The molecule has 0 radical (unpaired) electrons. The predicted octanol–water partition coefficient (Wildman–Crippen LogP) is 3.74.